The fourth-order valence-corrected chi connectivity index (χ4v) is 10.5. The minimum absolute atomic E-state index is 0.0152. The lowest BCUT2D eigenvalue weighted by atomic mass is 9.97. The van der Waals surface area contributed by atoms with Crippen LogP contribution in [0.2, 0.25) is 0 Å². The number of ether oxygens (including phenoxy) is 14. The third-order valence-electron chi connectivity index (χ3n) is 15.1. The highest BCUT2D eigenvalue weighted by Gasteiger charge is 2.52. The van der Waals surface area contributed by atoms with Gasteiger partial charge in [0, 0.05) is 0 Å². The number of hydrogen-bond acceptors (Lipinski definition) is 17. The summed E-state index contributed by atoms with van der Waals surface area (Å²) < 4.78 is 90.9. The van der Waals surface area contributed by atoms with Gasteiger partial charge in [-0.05, 0) is 69.8 Å². The summed E-state index contributed by atoms with van der Waals surface area (Å²) in [5, 5.41) is 11.0. The molecular weight excluding hydrogens is 1150 g/mol. The number of carbonyl (C=O) groups is 2. The maximum absolute atomic E-state index is 14.6. The molecule has 0 aromatic heterocycles. The predicted octanol–water partition coefficient (Wildman–Crippen LogP) is 11.6. The van der Waals surface area contributed by atoms with Crippen molar-refractivity contribution in [2.75, 3.05) is 34.0 Å². The maximum atomic E-state index is 14.6. The third kappa shape index (κ3) is 17.6. The number of hydrogen-bond donors (Lipinski definition) is 1. The highest BCUT2D eigenvalue weighted by Crippen LogP contribution is 2.38. The van der Waals surface area contributed by atoms with E-state index in [0.717, 1.165) is 33.4 Å². The number of aliphatic hydroxyl groups is 1. The van der Waals surface area contributed by atoms with Crippen LogP contribution in [0.5, 0.6) is 23.0 Å². The Morgan fingerprint density at radius 2 is 0.711 bits per heavy atom. The zero-order valence-electron chi connectivity index (χ0n) is 50.2. The Kier molecular flexibility index (Phi) is 23.7. The van der Waals surface area contributed by atoms with Gasteiger partial charge in [-0.25, -0.2) is 9.59 Å². The average Bonchev–Trinajstić information content (AvgIpc) is 1.05. The lowest BCUT2D eigenvalue weighted by Gasteiger charge is -2.45. The Hall–Kier alpha value is -8.72. The molecule has 0 radical (unpaired) electrons. The Morgan fingerprint density at radius 1 is 0.400 bits per heavy atom. The SMILES string of the molecule is C=CCOC(=O)c1ccc(O[C@@H]2O[C@H](COC(=O)c3ccc(O[C@@H]4O[C@H](CO)[C@@H](OCc5ccccc5)[C@@H](OCc5ccccc5)[C@H]4OCc4ccccc4)c(OC)c3)[C@@H](OCc3ccccc3)[C@H](OCc3ccccc3)[C@H]2OCc2ccccc2)c(OC)c1. The number of aliphatic hydroxyl groups excluding tert-OH is 1. The van der Waals surface area contributed by atoms with Crippen molar-refractivity contribution in [3.63, 3.8) is 0 Å². The lowest BCUT2D eigenvalue weighted by molar-refractivity contribution is -0.308. The molecule has 2 aliphatic heterocycles. The van der Waals surface area contributed by atoms with Gasteiger partial charge in [0.15, 0.2) is 23.0 Å². The molecule has 10 atom stereocenters. The normalized spacial score (nSPS) is 21.3. The van der Waals surface area contributed by atoms with Crippen LogP contribution in [0.25, 0.3) is 0 Å². The van der Waals surface area contributed by atoms with Gasteiger partial charge in [-0.1, -0.05) is 195 Å². The van der Waals surface area contributed by atoms with Gasteiger partial charge in [-0.3, -0.25) is 0 Å². The lowest BCUT2D eigenvalue weighted by Crippen LogP contribution is -2.62. The van der Waals surface area contributed by atoms with E-state index in [0.29, 0.717) is 0 Å². The zero-order chi connectivity index (χ0) is 62.3. The van der Waals surface area contributed by atoms with E-state index in [9.17, 15) is 14.7 Å². The van der Waals surface area contributed by atoms with Crippen molar-refractivity contribution in [3.8, 4) is 23.0 Å². The molecule has 90 heavy (non-hydrogen) atoms. The van der Waals surface area contributed by atoms with Gasteiger partial charge in [-0.15, -0.1) is 0 Å². The molecule has 17 nitrogen and oxygen atoms in total. The highest BCUT2D eigenvalue weighted by molar-refractivity contribution is 5.91. The van der Waals surface area contributed by atoms with Gasteiger partial charge in [0.25, 0.3) is 0 Å². The second-order valence-corrected chi connectivity index (χ2v) is 21.3. The van der Waals surface area contributed by atoms with Crippen LogP contribution in [-0.4, -0.2) is 112 Å². The van der Waals surface area contributed by atoms with E-state index in [4.69, 9.17) is 66.3 Å². The van der Waals surface area contributed by atoms with Crippen LogP contribution in [0.1, 0.15) is 54.1 Å². The highest BCUT2D eigenvalue weighted by atomic mass is 16.7. The summed E-state index contributed by atoms with van der Waals surface area (Å²) in [7, 11) is 2.90. The molecule has 2 fully saturated rings. The summed E-state index contributed by atoms with van der Waals surface area (Å²) in [6, 6.07) is 67.3. The number of methoxy groups -OCH3 is 2. The van der Waals surface area contributed by atoms with Crippen LogP contribution in [0.4, 0.5) is 0 Å². The monoisotopic (exact) mass is 1220 g/mol. The Morgan fingerprint density at radius 3 is 1.04 bits per heavy atom. The smallest absolute Gasteiger partial charge is 0.338 e. The molecule has 10 rings (SSSR count). The predicted molar refractivity (Wildman–Crippen MR) is 333 cm³/mol. The van der Waals surface area contributed by atoms with Crippen LogP contribution < -0.4 is 18.9 Å². The van der Waals surface area contributed by atoms with Gasteiger partial charge in [-0.2, -0.15) is 0 Å². The first-order valence-electron chi connectivity index (χ1n) is 29.8. The van der Waals surface area contributed by atoms with E-state index < -0.39 is 80.0 Å². The van der Waals surface area contributed by atoms with Crippen LogP contribution in [0.3, 0.4) is 0 Å². The molecule has 8 aromatic carbocycles. The molecule has 468 valence electrons. The van der Waals surface area contributed by atoms with Crippen molar-refractivity contribution in [1.29, 1.82) is 0 Å². The number of esters is 2. The number of benzene rings is 8. The van der Waals surface area contributed by atoms with Crippen LogP contribution in [0.15, 0.2) is 231 Å². The minimum Gasteiger partial charge on any atom is -0.493 e. The van der Waals surface area contributed by atoms with Gasteiger partial charge in [0.05, 0.1) is 71.6 Å². The Labute approximate surface area is 524 Å². The van der Waals surface area contributed by atoms with Gasteiger partial charge < -0.3 is 71.4 Å². The van der Waals surface area contributed by atoms with E-state index in [1.165, 1.54) is 32.4 Å². The molecule has 2 aliphatic rings. The van der Waals surface area contributed by atoms with Crippen molar-refractivity contribution in [2.24, 2.45) is 0 Å². The van der Waals surface area contributed by atoms with Gasteiger partial charge >= 0.3 is 11.9 Å². The summed E-state index contributed by atoms with van der Waals surface area (Å²) in [5.74, 6) is -0.564. The van der Waals surface area contributed by atoms with Crippen molar-refractivity contribution < 1.29 is 81.0 Å². The second kappa shape index (κ2) is 33.2. The first-order valence-corrected chi connectivity index (χ1v) is 29.8. The van der Waals surface area contributed by atoms with Gasteiger partial charge in [0.2, 0.25) is 12.6 Å². The summed E-state index contributed by atoms with van der Waals surface area (Å²) in [4.78, 5) is 27.6. The van der Waals surface area contributed by atoms with E-state index in [2.05, 4.69) is 6.58 Å². The fraction of sp³-hybridized carbons (Fsp3) is 0.288. The van der Waals surface area contributed by atoms with E-state index >= 15 is 0 Å². The molecule has 2 saturated heterocycles. The number of carbonyl (C=O) groups excluding carboxylic acids is 2. The molecular formula is C73H74O17. The van der Waals surface area contributed by atoms with Crippen molar-refractivity contribution in [2.45, 2.75) is 101 Å². The van der Waals surface area contributed by atoms with E-state index in [1.807, 2.05) is 182 Å². The molecule has 0 bridgehead atoms. The minimum atomic E-state index is -1.26. The summed E-state index contributed by atoms with van der Waals surface area (Å²) in [6.45, 7) is 3.79. The number of rotatable bonds is 31. The summed E-state index contributed by atoms with van der Waals surface area (Å²) >= 11 is 0. The molecule has 0 aliphatic carbocycles. The molecule has 1 N–H and O–H groups in total. The molecule has 2 heterocycles. The molecule has 17 heteroatoms. The second-order valence-electron chi connectivity index (χ2n) is 21.3. The van der Waals surface area contributed by atoms with E-state index in [-0.39, 0.29) is 87.0 Å². The topological polar surface area (TPSA) is 184 Å². The zero-order valence-corrected chi connectivity index (χ0v) is 50.2. The van der Waals surface area contributed by atoms with Crippen LogP contribution in [-0.2, 0) is 87.0 Å². The summed E-state index contributed by atoms with van der Waals surface area (Å²) in [6.07, 6.45) is -8.45. The van der Waals surface area contributed by atoms with Gasteiger partial charge in [0.1, 0.15) is 62.0 Å². The third-order valence-corrected chi connectivity index (χ3v) is 15.1. The first-order chi connectivity index (χ1) is 44.3. The quantitative estimate of drug-likeness (QED) is 0.0319. The van der Waals surface area contributed by atoms with Crippen molar-refractivity contribution in [3.05, 3.63) is 276 Å². The molecule has 8 aromatic rings. The van der Waals surface area contributed by atoms with E-state index in [1.54, 1.807) is 24.3 Å². The maximum Gasteiger partial charge on any atom is 0.338 e. The molecule has 0 unspecified atom stereocenters. The van der Waals surface area contributed by atoms with Crippen LogP contribution in [0, 0.1) is 0 Å². The molecule has 0 amide bonds. The Bertz CT molecular complexity index is 3450. The van der Waals surface area contributed by atoms with Crippen LogP contribution >= 0.6 is 0 Å². The Balaban J connectivity index is 0.943. The van der Waals surface area contributed by atoms with Crippen molar-refractivity contribution >= 4 is 11.9 Å². The largest absolute Gasteiger partial charge is 0.493 e. The molecule has 0 spiro atoms. The summed E-state index contributed by atoms with van der Waals surface area (Å²) in [5.41, 5.74) is 5.66. The average molecular weight is 1220 g/mol. The first kappa shape index (κ1) is 64.3. The standard InChI is InChI=1S/C73H74O17/c1-4-39-79-70(75)56-35-37-59(60(40-56)77-2)88-73-69(85-48-55-33-21-10-22-34-55)67(83-46-53-29-17-8-18-30-53)65(81-44-51-25-13-6-14-26-51)63(90-73)49-86-71(76)57-36-38-58(61(41-57)78-3)87-72-68(84-47-54-31-19-9-20-32-54)66(82-45-52-27-15-7-16-28-52)64(62(42-74)89-72)80-43-50-23-11-5-12-24-50/h4-38,40-41,62-69,72-74H,1,39,42-49H2,2-3H3/t62-,63-,64-,65-,66-,67+,68-,69-,72-,73-/m1/s1. The van der Waals surface area contributed by atoms with Crippen molar-refractivity contribution in [1.82, 2.24) is 0 Å². The molecule has 0 saturated carbocycles. The fourth-order valence-electron chi connectivity index (χ4n) is 10.5.